The minimum atomic E-state index is -0.879. The predicted molar refractivity (Wildman–Crippen MR) is 96.6 cm³/mol. The lowest BCUT2D eigenvalue weighted by atomic mass is 9.57. The molecule has 4 aliphatic heterocycles. The number of fused-ring (bicyclic) bond motifs is 2. The fourth-order valence-corrected chi connectivity index (χ4v) is 5.54. The second kappa shape index (κ2) is 6.29. The molecule has 7 atom stereocenters. The lowest BCUT2D eigenvalue weighted by molar-refractivity contribution is -0.546. The third kappa shape index (κ3) is 2.66. The molecule has 1 spiro atoms. The topological polar surface area (TPSA) is 68.3 Å². The minimum absolute atomic E-state index is 0.0218. The number of carbonyl (C=O) groups is 2. The minimum Gasteiger partial charge on any atom is -0.345 e. The number of amides is 2. The maximum Gasteiger partial charge on any atom is 0.247 e. The van der Waals surface area contributed by atoms with E-state index in [2.05, 4.69) is 6.92 Å². The lowest BCUT2D eigenvalue weighted by Crippen LogP contribution is -2.74. The number of ether oxygens (including phenoxy) is 1. The molecule has 150 valence electrons. The van der Waals surface area contributed by atoms with E-state index in [-0.39, 0.29) is 29.6 Å². The third-order valence-corrected chi connectivity index (χ3v) is 7.12. The SMILES string of the molecule is C[C@@H]1CCC2[C@@H](C)C(=O)N(/C=C/C(=O)N(C)C)[C@@H]3OC4(C)CCC1[C@@]23OO4. The summed E-state index contributed by atoms with van der Waals surface area (Å²) in [5.74, 6) is -0.529. The zero-order valence-corrected chi connectivity index (χ0v) is 16.8. The maximum atomic E-state index is 13.2. The van der Waals surface area contributed by atoms with Crippen LogP contribution in [0.2, 0.25) is 0 Å². The van der Waals surface area contributed by atoms with Gasteiger partial charge in [0.05, 0.1) is 0 Å². The molecule has 5 fully saturated rings. The number of hydrogen-bond acceptors (Lipinski definition) is 5. The Hall–Kier alpha value is -1.44. The van der Waals surface area contributed by atoms with Crippen LogP contribution in [0.3, 0.4) is 0 Å². The Balaban J connectivity index is 1.79. The molecule has 0 aromatic heterocycles. The van der Waals surface area contributed by atoms with E-state index < -0.39 is 17.6 Å². The van der Waals surface area contributed by atoms with Gasteiger partial charge in [-0.1, -0.05) is 13.8 Å². The third-order valence-electron chi connectivity index (χ3n) is 7.12. The number of likely N-dealkylation sites (tertiary alicyclic amines) is 1. The van der Waals surface area contributed by atoms with Crippen LogP contribution in [0.15, 0.2) is 12.3 Å². The first-order valence-corrected chi connectivity index (χ1v) is 9.96. The van der Waals surface area contributed by atoms with Gasteiger partial charge in [-0.15, -0.1) is 0 Å². The van der Waals surface area contributed by atoms with E-state index in [4.69, 9.17) is 14.5 Å². The van der Waals surface area contributed by atoms with Gasteiger partial charge < -0.3 is 9.64 Å². The van der Waals surface area contributed by atoms with Gasteiger partial charge in [0.15, 0.2) is 11.8 Å². The van der Waals surface area contributed by atoms with Gasteiger partial charge in [-0.05, 0) is 38.0 Å². The van der Waals surface area contributed by atoms with E-state index in [9.17, 15) is 9.59 Å². The van der Waals surface area contributed by atoms with Gasteiger partial charge in [0.1, 0.15) is 0 Å². The van der Waals surface area contributed by atoms with Crippen LogP contribution < -0.4 is 0 Å². The highest BCUT2D eigenvalue weighted by Gasteiger charge is 2.70. The second-order valence-corrected chi connectivity index (χ2v) is 9.01. The summed E-state index contributed by atoms with van der Waals surface area (Å²) in [6.07, 6.45) is 6.08. The molecule has 27 heavy (non-hydrogen) atoms. The van der Waals surface area contributed by atoms with Crippen LogP contribution in [0.5, 0.6) is 0 Å². The summed E-state index contributed by atoms with van der Waals surface area (Å²) < 4.78 is 6.38. The lowest BCUT2D eigenvalue weighted by Gasteiger charge is -2.61. The molecule has 7 nitrogen and oxygen atoms in total. The van der Waals surface area contributed by atoms with Crippen molar-refractivity contribution in [1.29, 1.82) is 0 Å². The highest BCUT2D eigenvalue weighted by Crippen LogP contribution is 2.60. The van der Waals surface area contributed by atoms with Crippen LogP contribution in [-0.4, -0.2) is 53.3 Å². The quantitative estimate of drug-likeness (QED) is 0.545. The Bertz CT molecular complexity index is 679. The highest BCUT2D eigenvalue weighted by molar-refractivity contribution is 5.88. The Labute approximate surface area is 160 Å². The molecular formula is C20H30N2O5. The number of piperidine rings is 1. The van der Waals surface area contributed by atoms with Gasteiger partial charge in [-0.25, -0.2) is 9.78 Å². The first-order valence-electron chi connectivity index (χ1n) is 9.96. The molecule has 3 unspecified atom stereocenters. The molecule has 1 saturated carbocycles. The van der Waals surface area contributed by atoms with Gasteiger partial charge in [-0.2, -0.15) is 0 Å². The summed E-state index contributed by atoms with van der Waals surface area (Å²) >= 11 is 0. The van der Waals surface area contributed by atoms with E-state index in [1.54, 1.807) is 25.2 Å². The van der Waals surface area contributed by atoms with Gasteiger partial charge >= 0.3 is 0 Å². The summed E-state index contributed by atoms with van der Waals surface area (Å²) in [6.45, 7) is 6.09. The molecule has 2 bridgehead atoms. The van der Waals surface area contributed by atoms with Crippen LogP contribution >= 0.6 is 0 Å². The van der Waals surface area contributed by atoms with Crippen molar-refractivity contribution in [3.05, 3.63) is 12.3 Å². The van der Waals surface area contributed by atoms with E-state index in [0.717, 1.165) is 25.7 Å². The summed E-state index contributed by atoms with van der Waals surface area (Å²) in [5.41, 5.74) is -0.688. The van der Waals surface area contributed by atoms with Crippen LogP contribution in [0.4, 0.5) is 0 Å². The molecule has 2 amide bonds. The summed E-state index contributed by atoms with van der Waals surface area (Å²) in [6, 6.07) is 0. The summed E-state index contributed by atoms with van der Waals surface area (Å²) in [7, 11) is 3.37. The first kappa shape index (κ1) is 18.9. The number of hydrogen-bond donors (Lipinski definition) is 0. The van der Waals surface area contributed by atoms with E-state index >= 15 is 0 Å². The van der Waals surface area contributed by atoms with Crippen molar-refractivity contribution in [3.63, 3.8) is 0 Å². The van der Waals surface area contributed by atoms with Crippen LogP contribution in [-0.2, 0) is 24.1 Å². The average molecular weight is 378 g/mol. The first-order chi connectivity index (χ1) is 12.7. The van der Waals surface area contributed by atoms with Crippen molar-refractivity contribution >= 4 is 11.8 Å². The molecule has 7 heteroatoms. The second-order valence-electron chi connectivity index (χ2n) is 9.01. The molecule has 5 rings (SSSR count). The molecular weight excluding hydrogens is 348 g/mol. The molecule has 0 aromatic rings. The largest absolute Gasteiger partial charge is 0.345 e. The smallest absolute Gasteiger partial charge is 0.247 e. The van der Waals surface area contributed by atoms with Gasteiger partial charge in [0, 0.05) is 44.6 Å². The molecule has 0 aromatic carbocycles. The predicted octanol–water partition coefficient (Wildman–Crippen LogP) is 2.28. The number of likely N-dealkylation sites (N-methyl/N-ethyl adjacent to an activating group) is 1. The average Bonchev–Trinajstić information content (AvgIpc) is 2.86. The molecule has 0 N–H and O–H groups in total. The zero-order chi connectivity index (χ0) is 19.6. The number of nitrogens with zero attached hydrogens (tertiary/aromatic N) is 2. The van der Waals surface area contributed by atoms with Gasteiger partial charge in [-0.3, -0.25) is 14.5 Å². The maximum absolute atomic E-state index is 13.2. The van der Waals surface area contributed by atoms with Gasteiger partial charge in [0.2, 0.25) is 17.6 Å². The van der Waals surface area contributed by atoms with Crippen molar-refractivity contribution in [2.45, 2.75) is 64.1 Å². The van der Waals surface area contributed by atoms with Crippen LogP contribution in [0, 0.1) is 23.7 Å². The summed E-state index contributed by atoms with van der Waals surface area (Å²) in [4.78, 5) is 40.3. The van der Waals surface area contributed by atoms with E-state index in [1.807, 2.05) is 13.8 Å². The molecule has 4 heterocycles. The Morgan fingerprint density at radius 3 is 2.63 bits per heavy atom. The molecule has 5 aliphatic rings. The Morgan fingerprint density at radius 1 is 1.19 bits per heavy atom. The monoisotopic (exact) mass is 378 g/mol. The van der Waals surface area contributed by atoms with Crippen molar-refractivity contribution in [2.75, 3.05) is 14.1 Å². The number of carbonyl (C=O) groups excluding carboxylic acids is 2. The molecule has 0 radical (unpaired) electrons. The normalized spacial score (nSPS) is 46.3. The Morgan fingerprint density at radius 2 is 1.93 bits per heavy atom. The molecule has 1 aliphatic carbocycles. The Kier molecular flexibility index (Phi) is 4.40. The number of rotatable bonds is 2. The van der Waals surface area contributed by atoms with Crippen molar-refractivity contribution in [2.24, 2.45) is 23.7 Å². The van der Waals surface area contributed by atoms with E-state index in [0.29, 0.717) is 5.92 Å². The highest BCUT2D eigenvalue weighted by atomic mass is 17.3. The summed E-state index contributed by atoms with van der Waals surface area (Å²) in [5, 5.41) is 0. The standard InChI is InChI=1S/C20H30N2O5/c1-12-6-7-15-13(2)17(24)22(11-9-16(23)21(4)5)18-20(15)14(12)8-10-19(3,25-18)26-27-20/h9,11-15,18H,6-8,10H2,1-5H3/b11-9+/t12-,13-,14?,15?,18-,19?,20-/m1/s1. The van der Waals surface area contributed by atoms with E-state index in [1.165, 1.54) is 11.0 Å². The van der Waals surface area contributed by atoms with Crippen molar-refractivity contribution < 1.29 is 24.1 Å². The molecule has 4 saturated heterocycles. The van der Waals surface area contributed by atoms with Crippen LogP contribution in [0.1, 0.15) is 46.5 Å². The van der Waals surface area contributed by atoms with Crippen molar-refractivity contribution in [1.82, 2.24) is 9.80 Å². The zero-order valence-electron chi connectivity index (χ0n) is 16.8. The van der Waals surface area contributed by atoms with Crippen molar-refractivity contribution in [3.8, 4) is 0 Å². The van der Waals surface area contributed by atoms with Crippen LogP contribution in [0.25, 0.3) is 0 Å². The van der Waals surface area contributed by atoms with Gasteiger partial charge in [0.25, 0.3) is 0 Å². The fraction of sp³-hybridized carbons (Fsp3) is 0.800. The fourth-order valence-electron chi connectivity index (χ4n) is 5.54.